The fraction of sp³-hybridized carbons (Fsp3) is 0.462. The molecule has 0 amide bonds. The molecule has 1 aliphatic heterocycles. The SMILES string of the molecule is NCc1cccn2c(CC3CCS(=O)(=O)C3)ncc12. The van der Waals surface area contributed by atoms with Crippen molar-refractivity contribution >= 4 is 15.4 Å². The second kappa shape index (κ2) is 4.61. The van der Waals surface area contributed by atoms with Gasteiger partial charge in [0.15, 0.2) is 9.84 Å². The van der Waals surface area contributed by atoms with Crippen LogP contribution in [0.15, 0.2) is 24.5 Å². The molecule has 0 aromatic carbocycles. The number of nitrogens with two attached hydrogens (primary N) is 1. The van der Waals surface area contributed by atoms with Crippen molar-refractivity contribution in [1.29, 1.82) is 0 Å². The van der Waals surface area contributed by atoms with Crippen LogP contribution < -0.4 is 5.73 Å². The number of rotatable bonds is 3. The Morgan fingerprint density at radius 3 is 3.00 bits per heavy atom. The summed E-state index contributed by atoms with van der Waals surface area (Å²) in [6, 6.07) is 3.94. The van der Waals surface area contributed by atoms with Crippen LogP contribution in [0.4, 0.5) is 0 Å². The first-order chi connectivity index (χ1) is 9.09. The Balaban J connectivity index is 1.90. The third-order valence-electron chi connectivity index (χ3n) is 3.75. The standard InChI is InChI=1S/C13H17N3O2S/c14-7-11-2-1-4-16-12(11)8-15-13(16)6-10-3-5-19(17,18)9-10/h1-2,4,8,10H,3,5-7,9,14H2. The molecule has 2 aromatic rings. The number of hydrogen-bond acceptors (Lipinski definition) is 4. The molecule has 1 aliphatic rings. The molecule has 3 rings (SSSR count). The van der Waals surface area contributed by atoms with Crippen molar-refractivity contribution in [2.75, 3.05) is 11.5 Å². The topological polar surface area (TPSA) is 77.5 Å². The van der Waals surface area contributed by atoms with E-state index in [0.717, 1.165) is 23.3 Å². The number of nitrogens with zero attached hydrogens (tertiary/aromatic N) is 2. The lowest BCUT2D eigenvalue weighted by Crippen LogP contribution is -2.10. The smallest absolute Gasteiger partial charge is 0.150 e. The average Bonchev–Trinajstić information content (AvgIpc) is 2.93. The Morgan fingerprint density at radius 1 is 1.47 bits per heavy atom. The average molecular weight is 279 g/mol. The highest BCUT2D eigenvalue weighted by molar-refractivity contribution is 7.91. The van der Waals surface area contributed by atoms with Gasteiger partial charge in [-0.15, -0.1) is 0 Å². The molecule has 3 heterocycles. The van der Waals surface area contributed by atoms with E-state index in [-0.39, 0.29) is 5.92 Å². The van der Waals surface area contributed by atoms with Gasteiger partial charge in [-0.2, -0.15) is 0 Å². The normalized spacial score (nSPS) is 22.1. The third-order valence-corrected chi connectivity index (χ3v) is 5.59. The van der Waals surface area contributed by atoms with Gasteiger partial charge in [-0.25, -0.2) is 13.4 Å². The zero-order valence-corrected chi connectivity index (χ0v) is 11.4. The van der Waals surface area contributed by atoms with Gasteiger partial charge in [-0.1, -0.05) is 6.07 Å². The first-order valence-corrected chi connectivity index (χ1v) is 8.25. The molecule has 1 fully saturated rings. The van der Waals surface area contributed by atoms with E-state index in [1.54, 1.807) is 0 Å². The molecule has 0 radical (unpaired) electrons. The molecule has 19 heavy (non-hydrogen) atoms. The minimum atomic E-state index is -2.82. The summed E-state index contributed by atoms with van der Waals surface area (Å²) in [5.41, 5.74) is 7.77. The Labute approximate surface area is 112 Å². The largest absolute Gasteiger partial charge is 0.326 e. The highest BCUT2D eigenvalue weighted by Crippen LogP contribution is 2.23. The van der Waals surface area contributed by atoms with E-state index in [0.29, 0.717) is 24.5 Å². The summed E-state index contributed by atoms with van der Waals surface area (Å²) < 4.78 is 25.0. The van der Waals surface area contributed by atoms with Gasteiger partial charge in [0.25, 0.3) is 0 Å². The van der Waals surface area contributed by atoms with E-state index in [2.05, 4.69) is 4.98 Å². The molecule has 2 aromatic heterocycles. The van der Waals surface area contributed by atoms with E-state index in [1.807, 2.05) is 28.9 Å². The molecule has 1 unspecified atom stereocenters. The molecular formula is C13H17N3O2S. The molecular weight excluding hydrogens is 262 g/mol. The van der Waals surface area contributed by atoms with Crippen LogP contribution in [0.25, 0.3) is 5.52 Å². The van der Waals surface area contributed by atoms with Crippen molar-refractivity contribution < 1.29 is 8.42 Å². The summed E-state index contributed by atoms with van der Waals surface area (Å²) in [4.78, 5) is 4.43. The molecule has 0 saturated carbocycles. The number of fused-ring (bicyclic) bond motifs is 1. The van der Waals surface area contributed by atoms with Crippen molar-refractivity contribution in [1.82, 2.24) is 9.38 Å². The Hall–Kier alpha value is -1.40. The maximum Gasteiger partial charge on any atom is 0.150 e. The highest BCUT2D eigenvalue weighted by Gasteiger charge is 2.28. The number of pyridine rings is 1. The highest BCUT2D eigenvalue weighted by atomic mass is 32.2. The zero-order chi connectivity index (χ0) is 13.5. The van der Waals surface area contributed by atoms with Crippen LogP contribution in [0.2, 0.25) is 0 Å². The fourth-order valence-corrected chi connectivity index (χ4v) is 4.61. The summed E-state index contributed by atoms with van der Waals surface area (Å²) in [7, 11) is -2.82. The van der Waals surface area contributed by atoms with Gasteiger partial charge in [-0.3, -0.25) is 0 Å². The predicted octanol–water partition coefficient (Wildman–Crippen LogP) is 0.770. The molecule has 2 N–H and O–H groups in total. The minimum absolute atomic E-state index is 0.192. The van der Waals surface area contributed by atoms with Gasteiger partial charge >= 0.3 is 0 Å². The Bertz CT molecular complexity index is 706. The van der Waals surface area contributed by atoms with Crippen LogP contribution in [0.3, 0.4) is 0 Å². The van der Waals surface area contributed by atoms with Crippen molar-refractivity contribution in [3.8, 4) is 0 Å². The first kappa shape index (κ1) is 12.6. The van der Waals surface area contributed by atoms with Crippen molar-refractivity contribution in [3.63, 3.8) is 0 Å². The summed E-state index contributed by atoms with van der Waals surface area (Å²) in [5.74, 6) is 1.72. The van der Waals surface area contributed by atoms with E-state index in [1.165, 1.54) is 0 Å². The van der Waals surface area contributed by atoms with Crippen LogP contribution in [0.1, 0.15) is 17.8 Å². The van der Waals surface area contributed by atoms with E-state index >= 15 is 0 Å². The van der Waals surface area contributed by atoms with E-state index in [4.69, 9.17) is 5.73 Å². The lowest BCUT2D eigenvalue weighted by atomic mass is 10.1. The molecule has 0 aliphatic carbocycles. The second-order valence-corrected chi connectivity index (χ2v) is 7.37. The molecule has 1 atom stereocenters. The van der Waals surface area contributed by atoms with E-state index in [9.17, 15) is 8.42 Å². The monoisotopic (exact) mass is 279 g/mol. The Kier molecular flexibility index (Phi) is 3.06. The van der Waals surface area contributed by atoms with Crippen LogP contribution in [0.5, 0.6) is 0 Å². The van der Waals surface area contributed by atoms with Gasteiger partial charge in [-0.05, 0) is 24.0 Å². The quantitative estimate of drug-likeness (QED) is 0.900. The van der Waals surface area contributed by atoms with Gasteiger partial charge in [0.05, 0.1) is 23.2 Å². The third kappa shape index (κ3) is 2.37. The van der Waals surface area contributed by atoms with Crippen molar-refractivity contribution in [2.24, 2.45) is 11.7 Å². The van der Waals surface area contributed by atoms with Crippen molar-refractivity contribution in [2.45, 2.75) is 19.4 Å². The van der Waals surface area contributed by atoms with Crippen LogP contribution in [-0.2, 0) is 22.8 Å². The first-order valence-electron chi connectivity index (χ1n) is 6.43. The van der Waals surface area contributed by atoms with Gasteiger partial charge in [0.1, 0.15) is 5.82 Å². The lowest BCUT2D eigenvalue weighted by molar-refractivity contribution is 0.568. The summed E-state index contributed by atoms with van der Waals surface area (Å²) in [6.07, 6.45) is 5.23. The lowest BCUT2D eigenvalue weighted by Gasteiger charge is -2.07. The molecule has 0 spiro atoms. The molecule has 0 bridgehead atoms. The molecule has 1 saturated heterocycles. The van der Waals surface area contributed by atoms with E-state index < -0.39 is 9.84 Å². The van der Waals surface area contributed by atoms with Crippen LogP contribution in [-0.4, -0.2) is 29.3 Å². The maximum absolute atomic E-state index is 11.5. The molecule has 102 valence electrons. The van der Waals surface area contributed by atoms with Crippen molar-refractivity contribution in [3.05, 3.63) is 35.9 Å². The van der Waals surface area contributed by atoms with Gasteiger partial charge < -0.3 is 10.1 Å². The minimum Gasteiger partial charge on any atom is -0.326 e. The fourth-order valence-electron chi connectivity index (χ4n) is 2.75. The Morgan fingerprint density at radius 2 is 2.32 bits per heavy atom. The second-order valence-electron chi connectivity index (χ2n) is 5.14. The van der Waals surface area contributed by atoms with Gasteiger partial charge in [0, 0.05) is 19.2 Å². The number of hydrogen-bond donors (Lipinski definition) is 1. The maximum atomic E-state index is 11.5. The molecule has 6 heteroatoms. The number of imidazole rings is 1. The van der Waals surface area contributed by atoms with Crippen LogP contribution >= 0.6 is 0 Å². The summed E-state index contributed by atoms with van der Waals surface area (Å²) in [6.45, 7) is 0.479. The number of aromatic nitrogens is 2. The number of sulfone groups is 1. The summed E-state index contributed by atoms with van der Waals surface area (Å²) >= 11 is 0. The van der Waals surface area contributed by atoms with Gasteiger partial charge in [0.2, 0.25) is 0 Å². The molecule has 5 nitrogen and oxygen atoms in total. The van der Waals surface area contributed by atoms with Crippen LogP contribution in [0, 0.1) is 5.92 Å². The summed E-state index contributed by atoms with van der Waals surface area (Å²) in [5, 5.41) is 0. The zero-order valence-electron chi connectivity index (χ0n) is 10.6. The predicted molar refractivity (Wildman–Crippen MR) is 73.5 cm³/mol.